The van der Waals surface area contributed by atoms with Crippen LogP contribution in [0.5, 0.6) is 0 Å². The van der Waals surface area contributed by atoms with Crippen molar-refractivity contribution in [3.63, 3.8) is 0 Å². The molecule has 1 saturated carbocycles. The summed E-state index contributed by atoms with van der Waals surface area (Å²) in [5.74, 6) is 0.525. The largest absolute Gasteiger partial charge is 0.445 e. The first-order valence-electron chi connectivity index (χ1n) is 6.39. The van der Waals surface area contributed by atoms with Crippen LogP contribution in [-0.4, -0.2) is 36.8 Å². The van der Waals surface area contributed by atoms with Crippen molar-refractivity contribution in [2.24, 2.45) is 5.92 Å². The first-order chi connectivity index (χ1) is 8.84. The predicted molar refractivity (Wildman–Crippen MR) is 66.0 cm³/mol. The van der Waals surface area contributed by atoms with Gasteiger partial charge in [0.2, 0.25) is 0 Å². The maximum absolute atomic E-state index is 12.0. The van der Waals surface area contributed by atoms with Crippen LogP contribution in [-0.2, 0) is 16.1 Å². The fraction of sp³-hybridized carbons (Fsp3) is 0.500. The minimum Gasteiger partial charge on any atom is -0.445 e. The first kappa shape index (κ1) is 11.5. The second-order valence-corrected chi connectivity index (χ2v) is 4.87. The standard InChI is InChI=1S/C14H17NO3/c16-14(18-9-11-4-2-1-3-5-11)15-6-7-17-10-12-8-13(12)15/h1-5,12-13H,6-10H2. The zero-order chi connectivity index (χ0) is 12.4. The first-order valence-corrected chi connectivity index (χ1v) is 6.39. The Morgan fingerprint density at radius 2 is 2.22 bits per heavy atom. The number of carbonyl (C=O) groups excluding carboxylic acids is 1. The third-order valence-corrected chi connectivity index (χ3v) is 3.53. The molecule has 4 nitrogen and oxygen atoms in total. The number of fused-ring (bicyclic) bond motifs is 1. The topological polar surface area (TPSA) is 38.8 Å². The summed E-state index contributed by atoms with van der Waals surface area (Å²) in [5, 5.41) is 0. The van der Waals surface area contributed by atoms with Crippen LogP contribution in [0.2, 0.25) is 0 Å². The minimum absolute atomic E-state index is 0.211. The molecule has 0 spiro atoms. The lowest BCUT2D eigenvalue weighted by atomic mass is 10.2. The summed E-state index contributed by atoms with van der Waals surface area (Å²) in [6.07, 6.45) is 0.845. The van der Waals surface area contributed by atoms with E-state index in [4.69, 9.17) is 9.47 Å². The van der Waals surface area contributed by atoms with E-state index in [0.29, 0.717) is 31.7 Å². The van der Waals surface area contributed by atoms with Gasteiger partial charge < -0.3 is 14.4 Å². The lowest BCUT2D eigenvalue weighted by molar-refractivity contribution is 0.0834. The summed E-state index contributed by atoms with van der Waals surface area (Å²) >= 11 is 0. The average molecular weight is 247 g/mol. The molecule has 18 heavy (non-hydrogen) atoms. The predicted octanol–water partition coefficient (Wildman–Crippen LogP) is 2.04. The van der Waals surface area contributed by atoms with Crippen molar-refractivity contribution in [1.29, 1.82) is 0 Å². The SMILES string of the molecule is O=C(OCc1ccccc1)N1CCOCC2CC21. The number of ether oxygens (including phenoxy) is 2. The Balaban J connectivity index is 1.55. The number of carbonyl (C=O) groups is 1. The number of rotatable bonds is 2. The second-order valence-electron chi connectivity index (χ2n) is 4.87. The Bertz CT molecular complexity index is 420. The van der Waals surface area contributed by atoms with Crippen LogP contribution in [0.25, 0.3) is 0 Å². The fourth-order valence-electron chi connectivity index (χ4n) is 2.38. The molecule has 2 fully saturated rings. The molecule has 2 aliphatic rings. The Kier molecular flexibility index (Phi) is 3.19. The Morgan fingerprint density at radius 1 is 1.39 bits per heavy atom. The molecular weight excluding hydrogens is 230 g/mol. The van der Waals surface area contributed by atoms with Crippen molar-refractivity contribution in [3.8, 4) is 0 Å². The molecular formula is C14H17NO3. The van der Waals surface area contributed by atoms with E-state index in [1.165, 1.54) is 0 Å². The fourth-order valence-corrected chi connectivity index (χ4v) is 2.38. The smallest absolute Gasteiger partial charge is 0.410 e. The van der Waals surface area contributed by atoms with Crippen molar-refractivity contribution >= 4 is 6.09 Å². The molecule has 0 bridgehead atoms. The summed E-state index contributed by atoms with van der Waals surface area (Å²) in [7, 11) is 0. The zero-order valence-corrected chi connectivity index (χ0v) is 10.2. The van der Waals surface area contributed by atoms with E-state index in [2.05, 4.69) is 0 Å². The van der Waals surface area contributed by atoms with E-state index in [1.807, 2.05) is 35.2 Å². The highest BCUT2D eigenvalue weighted by atomic mass is 16.6. The minimum atomic E-state index is -0.211. The van der Waals surface area contributed by atoms with Crippen molar-refractivity contribution in [2.75, 3.05) is 19.8 Å². The van der Waals surface area contributed by atoms with Gasteiger partial charge >= 0.3 is 6.09 Å². The Labute approximate surface area is 106 Å². The van der Waals surface area contributed by atoms with Crippen molar-refractivity contribution in [1.82, 2.24) is 4.90 Å². The lowest BCUT2D eigenvalue weighted by Crippen LogP contribution is -2.35. The van der Waals surface area contributed by atoms with E-state index < -0.39 is 0 Å². The summed E-state index contributed by atoms with van der Waals surface area (Å²) in [4.78, 5) is 13.8. The summed E-state index contributed by atoms with van der Waals surface area (Å²) in [6.45, 7) is 2.39. The van der Waals surface area contributed by atoms with Crippen molar-refractivity contribution in [3.05, 3.63) is 35.9 Å². The van der Waals surface area contributed by atoms with Gasteiger partial charge in [0.05, 0.1) is 13.2 Å². The average Bonchev–Trinajstić information content (AvgIpc) is 3.16. The van der Waals surface area contributed by atoms with Gasteiger partial charge in [-0.25, -0.2) is 4.79 Å². The van der Waals surface area contributed by atoms with Gasteiger partial charge in [0.1, 0.15) is 6.61 Å². The van der Waals surface area contributed by atoms with E-state index in [-0.39, 0.29) is 6.09 Å². The van der Waals surface area contributed by atoms with Gasteiger partial charge in [-0.15, -0.1) is 0 Å². The molecule has 1 aliphatic carbocycles. The Hall–Kier alpha value is -1.55. The molecule has 2 atom stereocenters. The third-order valence-electron chi connectivity index (χ3n) is 3.53. The van der Waals surface area contributed by atoms with E-state index in [9.17, 15) is 4.79 Å². The highest BCUT2D eigenvalue weighted by Gasteiger charge is 2.45. The van der Waals surface area contributed by atoms with Crippen LogP contribution < -0.4 is 0 Å². The molecule has 1 saturated heterocycles. The Morgan fingerprint density at radius 3 is 3.06 bits per heavy atom. The summed E-state index contributed by atoms with van der Waals surface area (Å²) < 4.78 is 10.8. The van der Waals surface area contributed by atoms with Crippen LogP contribution in [0.4, 0.5) is 4.79 Å². The number of hydrogen-bond acceptors (Lipinski definition) is 3. The molecule has 3 rings (SSSR count). The van der Waals surface area contributed by atoms with E-state index in [0.717, 1.165) is 18.6 Å². The van der Waals surface area contributed by atoms with E-state index >= 15 is 0 Å². The molecule has 0 aromatic heterocycles. The van der Waals surface area contributed by atoms with Gasteiger partial charge in [-0.3, -0.25) is 0 Å². The molecule has 1 aromatic carbocycles. The lowest BCUT2D eigenvalue weighted by Gasteiger charge is -2.20. The molecule has 1 heterocycles. The van der Waals surface area contributed by atoms with Crippen LogP contribution in [0.1, 0.15) is 12.0 Å². The number of benzene rings is 1. The number of hydrogen-bond donors (Lipinski definition) is 0. The second kappa shape index (κ2) is 4.98. The van der Waals surface area contributed by atoms with Gasteiger partial charge in [-0.2, -0.15) is 0 Å². The highest BCUT2D eigenvalue weighted by Crippen LogP contribution is 2.37. The molecule has 0 N–H and O–H groups in total. The molecule has 1 aliphatic heterocycles. The van der Waals surface area contributed by atoms with Gasteiger partial charge in [0, 0.05) is 18.5 Å². The number of nitrogens with zero attached hydrogens (tertiary/aromatic N) is 1. The van der Waals surface area contributed by atoms with Crippen molar-refractivity contribution in [2.45, 2.75) is 19.1 Å². The molecule has 96 valence electrons. The third kappa shape index (κ3) is 2.48. The molecule has 2 unspecified atom stereocenters. The van der Waals surface area contributed by atoms with E-state index in [1.54, 1.807) is 0 Å². The van der Waals surface area contributed by atoms with Crippen LogP contribution >= 0.6 is 0 Å². The molecule has 1 aromatic rings. The zero-order valence-electron chi connectivity index (χ0n) is 10.2. The summed E-state index contributed by atoms with van der Waals surface area (Å²) in [6, 6.07) is 10.1. The summed E-state index contributed by atoms with van der Waals surface area (Å²) in [5.41, 5.74) is 1.02. The normalized spacial score (nSPS) is 26.1. The monoisotopic (exact) mass is 247 g/mol. The van der Waals surface area contributed by atoms with Gasteiger partial charge in [0.25, 0.3) is 0 Å². The van der Waals surface area contributed by atoms with Gasteiger partial charge in [-0.1, -0.05) is 30.3 Å². The molecule has 1 amide bonds. The van der Waals surface area contributed by atoms with Crippen LogP contribution in [0.3, 0.4) is 0 Å². The van der Waals surface area contributed by atoms with Crippen LogP contribution in [0.15, 0.2) is 30.3 Å². The maximum Gasteiger partial charge on any atom is 0.410 e. The maximum atomic E-state index is 12.0. The molecule has 4 heteroatoms. The number of amides is 1. The quantitative estimate of drug-likeness (QED) is 0.802. The van der Waals surface area contributed by atoms with Gasteiger partial charge in [-0.05, 0) is 12.0 Å². The molecule has 0 radical (unpaired) electrons. The van der Waals surface area contributed by atoms with Crippen LogP contribution in [0, 0.1) is 5.92 Å². The van der Waals surface area contributed by atoms with Crippen molar-refractivity contribution < 1.29 is 14.3 Å². The highest BCUT2D eigenvalue weighted by molar-refractivity contribution is 5.68. The van der Waals surface area contributed by atoms with Gasteiger partial charge in [0.15, 0.2) is 0 Å².